The lowest BCUT2D eigenvalue weighted by Crippen LogP contribution is -2.06. The summed E-state index contributed by atoms with van der Waals surface area (Å²) in [5.74, 6) is 0.617. The maximum Gasteiger partial charge on any atom is 0.0909 e. The van der Waals surface area contributed by atoms with E-state index >= 15 is 0 Å². The second kappa shape index (κ2) is 7.97. The summed E-state index contributed by atoms with van der Waals surface area (Å²) in [5, 5.41) is 0. The minimum absolute atomic E-state index is 0.617. The van der Waals surface area contributed by atoms with Crippen LogP contribution in [-0.4, -0.2) is 25.1 Å². The molecule has 84 valence electrons. The molecule has 0 aromatic heterocycles. The van der Waals surface area contributed by atoms with Crippen molar-refractivity contribution in [2.24, 2.45) is 15.7 Å². The third-order valence-electron chi connectivity index (χ3n) is 1.87. The predicted octanol–water partition coefficient (Wildman–Crippen LogP) is 2.35. The molecule has 0 aliphatic carbocycles. The molecular formula is C12H21N3. The van der Waals surface area contributed by atoms with Gasteiger partial charge in [0.25, 0.3) is 0 Å². The maximum absolute atomic E-state index is 5.49. The largest absolute Gasteiger partial charge is 0.388 e. The van der Waals surface area contributed by atoms with Gasteiger partial charge in [-0.3, -0.25) is 9.98 Å². The topological polar surface area (TPSA) is 50.7 Å². The Morgan fingerprint density at radius 3 is 2.40 bits per heavy atom. The maximum atomic E-state index is 5.49. The Kier molecular flexibility index (Phi) is 7.24. The van der Waals surface area contributed by atoms with E-state index in [1.165, 1.54) is 5.57 Å². The molecule has 0 bridgehead atoms. The molecule has 0 fully saturated rings. The van der Waals surface area contributed by atoms with Crippen LogP contribution in [0, 0.1) is 0 Å². The first-order valence-electron chi connectivity index (χ1n) is 5.17. The standard InChI is InChI=1S/C12H21N3/c1-5-6-12(9-15-11(3)13)8-7-10(2)14-4/h6-8H,5,9H2,1-4H3,(H2,13,15)/b8-7-,12-6-,14-10?. The van der Waals surface area contributed by atoms with Gasteiger partial charge in [0, 0.05) is 12.8 Å². The Hall–Kier alpha value is -1.38. The van der Waals surface area contributed by atoms with Gasteiger partial charge in [-0.1, -0.05) is 19.1 Å². The number of hydrogen-bond acceptors (Lipinski definition) is 2. The van der Waals surface area contributed by atoms with E-state index in [1.54, 1.807) is 14.0 Å². The van der Waals surface area contributed by atoms with Gasteiger partial charge < -0.3 is 5.73 Å². The summed E-state index contributed by atoms with van der Waals surface area (Å²) in [5.41, 5.74) is 7.67. The molecule has 3 nitrogen and oxygen atoms in total. The van der Waals surface area contributed by atoms with Gasteiger partial charge in [-0.15, -0.1) is 0 Å². The van der Waals surface area contributed by atoms with Crippen LogP contribution in [0.15, 0.2) is 33.8 Å². The van der Waals surface area contributed by atoms with Gasteiger partial charge in [0.05, 0.1) is 12.4 Å². The summed E-state index contributed by atoms with van der Waals surface area (Å²) in [4.78, 5) is 8.24. The SMILES string of the molecule is CC/C=C(/C=C\C(C)=NC)CN=C(C)N. The zero-order valence-corrected chi connectivity index (χ0v) is 10.1. The molecule has 0 aromatic rings. The van der Waals surface area contributed by atoms with Crippen molar-refractivity contribution in [3.63, 3.8) is 0 Å². The van der Waals surface area contributed by atoms with Crippen LogP contribution in [0.5, 0.6) is 0 Å². The van der Waals surface area contributed by atoms with Crippen LogP contribution < -0.4 is 5.73 Å². The van der Waals surface area contributed by atoms with Crippen molar-refractivity contribution in [2.45, 2.75) is 27.2 Å². The fourth-order valence-corrected chi connectivity index (χ4v) is 0.966. The normalized spacial score (nSPS) is 15.1. The van der Waals surface area contributed by atoms with E-state index in [0.717, 1.165) is 12.1 Å². The Morgan fingerprint density at radius 1 is 1.27 bits per heavy atom. The summed E-state index contributed by atoms with van der Waals surface area (Å²) < 4.78 is 0. The summed E-state index contributed by atoms with van der Waals surface area (Å²) in [6, 6.07) is 0. The van der Waals surface area contributed by atoms with Crippen LogP contribution in [0.3, 0.4) is 0 Å². The second-order valence-corrected chi connectivity index (χ2v) is 3.34. The zero-order valence-electron chi connectivity index (χ0n) is 10.1. The van der Waals surface area contributed by atoms with Crippen molar-refractivity contribution in [2.75, 3.05) is 13.6 Å². The van der Waals surface area contributed by atoms with Crippen LogP contribution in [0.25, 0.3) is 0 Å². The Morgan fingerprint density at radius 2 is 1.93 bits per heavy atom. The summed E-state index contributed by atoms with van der Waals surface area (Å²) in [6.45, 7) is 6.51. The fraction of sp³-hybridized carbons (Fsp3) is 0.500. The van der Waals surface area contributed by atoms with E-state index in [1.807, 2.05) is 19.1 Å². The molecule has 0 heterocycles. The lowest BCUT2D eigenvalue weighted by Gasteiger charge is -1.98. The third-order valence-corrected chi connectivity index (χ3v) is 1.87. The Bertz CT molecular complexity index is 292. The van der Waals surface area contributed by atoms with Crippen LogP contribution in [0.1, 0.15) is 27.2 Å². The van der Waals surface area contributed by atoms with Crippen LogP contribution in [0.4, 0.5) is 0 Å². The van der Waals surface area contributed by atoms with Gasteiger partial charge in [0.15, 0.2) is 0 Å². The van der Waals surface area contributed by atoms with Crippen molar-refractivity contribution < 1.29 is 0 Å². The number of rotatable bonds is 5. The minimum atomic E-state index is 0.617. The highest BCUT2D eigenvalue weighted by Gasteiger charge is 1.90. The number of nitrogens with two attached hydrogens (primary N) is 1. The van der Waals surface area contributed by atoms with Crippen LogP contribution >= 0.6 is 0 Å². The number of aliphatic imine (C=N–C) groups is 2. The monoisotopic (exact) mass is 207 g/mol. The van der Waals surface area contributed by atoms with Crippen molar-refractivity contribution in [3.8, 4) is 0 Å². The quantitative estimate of drug-likeness (QED) is 0.420. The molecular weight excluding hydrogens is 186 g/mol. The highest BCUT2D eigenvalue weighted by Crippen LogP contribution is 2.00. The minimum Gasteiger partial charge on any atom is -0.388 e. The molecule has 0 saturated heterocycles. The smallest absolute Gasteiger partial charge is 0.0909 e. The summed E-state index contributed by atoms with van der Waals surface area (Å²) >= 11 is 0. The molecule has 0 spiro atoms. The van der Waals surface area contributed by atoms with Crippen molar-refractivity contribution in [1.82, 2.24) is 0 Å². The lowest BCUT2D eigenvalue weighted by atomic mass is 10.2. The first-order chi connectivity index (χ1) is 7.10. The van der Waals surface area contributed by atoms with Gasteiger partial charge >= 0.3 is 0 Å². The van der Waals surface area contributed by atoms with E-state index in [2.05, 4.69) is 23.0 Å². The molecule has 0 unspecified atom stereocenters. The molecule has 0 amide bonds. The first kappa shape index (κ1) is 13.6. The molecule has 0 aromatic carbocycles. The van der Waals surface area contributed by atoms with Gasteiger partial charge in [-0.2, -0.15) is 0 Å². The fourth-order valence-electron chi connectivity index (χ4n) is 0.966. The van der Waals surface area contributed by atoms with Crippen LogP contribution in [-0.2, 0) is 0 Å². The first-order valence-corrected chi connectivity index (χ1v) is 5.17. The molecule has 3 heteroatoms. The molecule has 15 heavy (non-hydrogen) atoms. The van der Waals surface area contributed by atoms with E-state index < -0.39 is 0 Å². The third kappa shape index (κ3) is 7.67. The molecule has 0 aliphatic rings. The highest BCUT2D eigenvalue weighted by atomic mass is 14.8. The number of amidine groups is 1. The molecule has 0 rings (SSSR count). The molecule has 0 aliphatic heterocycles. The molecule has 0 atom stereocenters. The second-order valence-electron chi connectivity index (χ2n) is 3.34. The highest BCUT2D eigenvalue weighted by molar-refractivity contribution is 5.93. The summed E-state index contributed by atoms with van der Waals surface area (Å²) in [7, 11) is 1.78. The zero-order chi connectivity index (χ0) is 11.7. The number of hydrogen-bond donors (Lipinski definition) is 1. The van der Waals surface area contributed by atoms with Crippen LogP contribution in [0.2, 0.25) is 0 Å². The van der Waals surface area contributed by atoms with Gasteiger partial charge in [-0.25, -0.2) is 0 Å². The summed E-state index contributed by atoms with van der Waals surface area (Å²) in [6.07, 6.45) is 7.17. The van der Waals surface area contributed by atoms with Gasteiger partial charge in [-0.05, 0) is 31.9 Å². The predicted molar refractivity (Wildman–Crippen MR) is 68.7 cm³/mol. The van der Waals surface area contributed by atoms with E-state index in [-0.39, 0.29) is 0 Å². The van der Waals surface area contributed by atoms with Crippen molar-refractivity contribution >= 4 is 11.5 Å². The van der Waals surface area contributed by atoms with E-state index in [4.69, 9.17) is 5.73 Å². The molecule has 2 N–H and O–H groups in total. The van der Waals surface area contributed by atoms with E-state index in [9.17, 15) is 0 Å². The van der Waals surface area contributed by atoms with E-state index in [0.29, 0.717) is 12.4 Å². The van der Waals surface area contributed by atoms with Gasteiger partial charge in [0.1, 0.15) is 0 Å². The average molecular weight is 207 g/mol. The Labute approximate surface area is 92.5 Å². The average Bonchev–Trinajstić information content (AvgIpc) is 2.21. The molecule has 0 saturated carbocycles. The molecule has 0 radical (unpaired) electrons. The lowest BCUT2D eigenvalue weighted by molar-refractivity contribution is 1.12. The number of allylic oxidation sites excluding steroid dienone is 2. The number of nitrogens with zero attached hydrogens (tertiary/aromatic N) is 2. The Balaban J connectivity index is 4.49. The van der Waals surface area contributed by atoms with Crippen molar-refractivity contribution in [1.29, 1.82) is 0 Å². The van der Waals surface area contributed by atoms with Crippen molar-refractivity contribution in [3.05, 3.63) is 23.8 Å². The van der Waals surface area contributed by atoms with Gasteiger partial charge in [0.2, 0.25) is 0 Å².